The Morgan fingerprint density at radius 1 is 0.941 bits per heavy atom. The molecule has 0 atom stereocenters. The van der Waals surface area contributed by atoms with Gasteiger partial charge in [-0.05, 0) is 6.42 Å². The number of carboxylic acid groups (broad SMARTS) is 2. The summed E-state index contributed by atoms with van der Waals surface area (Å²) >= 11 is 0. The van der Waals surface area contributed by atoms with Crippen molar-refractivity contribution >= 4 is 12.1 Å². The van der Waals surface area contributed by atoms with Crippen molar-refractivity contribution in [1.82, 2.24) is 0 Å². The number of methoxy groups -OCH3 is 1. The monoisotopic (exact) mass is 248 g/mol. The molecule has 0 aromatic rings. The number of hydrogen-bond donors (Lipinski definition) is 2. The maximum atomic E-state index is 10.7. The number of hydrogen-bond acceptors (Lipinski definition) is 3. The van der Waals surface area contributed by atoms with Crippen molar-refractivity contribution in [1.29, 1.82) is 0 Å². The van der Waals surface area contributed by atoms with Gasteiger partial charge in [-0.1, -0.05) is 45.4 Å². The van der Waals surface area contributed by atoms with E-state index in [1.165, 1.54) is 45.6 Å². The van der Waals surface area contributed by atoms with Crippen LogP contribution in [0, 0.1) is 0 Å². The summed E-state index contributed by atoms with van der Waals surface area (Å²) in [7, 11) is 1.45. The van der Waals surface area contributed by atoms with E-state index in [0.29, 0.717) is 6.42 Å². The van der Waals surface area contributed by atoms with Crippen LogP contribution in [0.3, 0.4) is 0 Å². The molecule has 0 aromatic carbocycles. The molecule has 0 heterocycles. The van der Waals surface area contributed by atoms with E-state index in [2.05, 4.69) is 11.7 Å². The van der Waals surface area contributed by atoms with E-state index < -0.39 is 6.16 Å². The second-order valence-corrected chi connectivity index (χ2v) is 3.73. The number of carbonyl (C=O) groups is 2. The molecule has 0 saturated heterocycles. The molecule has 0 aliphatic heterocycles. The van der Waals surface area contributed by atoms with Gasteiger partial charge in [-0.15, -0.1) is 0 Å². The molecule has 0 aliphatic rings. The van der Waals surface area contributed by atoms with Gasteiger partial charge in [0.2, 0.25) is 0 Å². The molecule has 2 N–H and O–H groups in total. The molecule has 0 aliphatic carbocycles. The Morgan fingerprint density at radius 3 is 1.76 bits per heavy atom. The first-order chi connectivity index (χ1) is 8.04. The van der Waals surface area contributed by atoms with Crippen LogP contribution in [0.2, 0.25) is 0 Å². The zero-order valence-electron chi connectivity index (χ0n) is 10.8. The molecule has 0 aromatic heterocycles. The van der Waals surface area contributed by atoms with E-state index in [1.54, 1.807) is 0 Å². The Balaban J connectivity index is 0. The Hall–Kier alpha value is -1.26. The number of unbranched alkanes of at least 4 members (excludes halogenated alkanes) is 6. The molecule has 0 unspecified atom stereocenters. The third kappa shape index (κ3) is 25.2. The highest BCUT2D eigenvalue weighted by Gasteiger charge is 1.98. The lowest BCUT2D eigenvalue weighted by Gasteiger charge is -2.00. The van der Waals surface area contributed by atoms with Crippen LogP contribution >= 0.6 is 0 Å². The lowest BCUT2D eigenvalue weighted by atomic mass is 10.1. The fourth-order valence-electron chi connectivity index (χ4n) is 1.33. The Morgan fingerprint density at radius 2 is 1.35 bits per heavy atom. The molecule has 5 heteroatoms. The Labute approximate surface area is 103 Å². The summed E-state index contributed by atoms with van der Waals surface area (Å²) in [5, 5.41) is 13.9. The molecule has 0 rings (SSSR count). The van der Waals surface area contributed by atoms with Gasteiger partial charge < -0.3 is 14.9 Å². The minimum atomic E-state index is -1.83. The van der Waals surface area contributed by atoms with Crippen LogP contribution in [-0.2, 0) is 9.53 Å². The predicted molar refractivity (Wildman–Crippen MR) is 65.3 cm³/mol. The third-order valence-electron chi connectivity index (χ3n) is 2.21. The molecule has 102 valence electrons. The van der Waals surface area contributed by atoms with Crippen LogP contribution in [0.25, 0.3) is 0 Å². The summed E-state index contributed by atoms with van der Waals surface area (Å²) in [5.74, 6) is -0.0754. The van der Waals surface area contributed by atoms with Crippen LogP contribution in [0.1, 0.15) is 58.3 Å². The van der Waals surface area contributed by atoms with Gasteiger partial charge in [0, 0.05) is 6.42 Å². The van der Waals surface area contributed by atoms with E-state index in [-0.39, 0.29) is 5.97 Å². The van der Waals surface area contributed by atoms with Gasteiger partial charge in [0.25, 0.3) is 0 Å². The second kappa shape index (κ2) is 14.7. The molecule has 0 spiro atoms. The molecule has 5 nitrogen and oxygen atoms in total. The van der Waals surface area contributed by atoms with Crippen LogP contribution in [0.4, 0.5) is 4.79 Å². The van der Waals surface area contributed by atoms with Crippen molar-refractivity contribution in [3.8, 4) is 0 Å². The van der Waals surface area contributed by atoms with E-state index in [0.717, 1.165) is 6.42 Å². The summed E-state index contributed by atoms with van der Waals surface area (Å²) < 4.78 is 4.56. The number of rotatable bonds is 8. The maximum absolute atomic E-state index is 10.7. The molecule has 0 amide bonds. The predicted octanol–water partition coefficient (Wildman–Crippen LogP) is 3.52. The van der Waals surface area contributed by atoms with Crippen molar-refractivity contribution in [3.63, 3.8) is 0 Å². The maximum Gasteiger partial charge on any atom is 0.503 e. The minimum absolute atomic E-state index is 0.0754. The van der Waals surface area contributed by atoms with Gasteiger partial charge in [0.05, 0.1) is 7.11 Å². The molecular weight excluding hydrogens is 224 g/mol. The van der Waals surface area contributed by atoms with Crippen LogP contribution < -0.4 is 0 Å². The number of carbonyl (C=O) groups excluding carboxylic acids is 1. The summed E-state index contributed by atoms with van der Waals surface area (Å²) in [6.07, 6.45) is 7.46. The van der Waals surface area contributed by atoms with Gasteiger partial charge in [0.15, 0.2) is 0 Å². The highest BCUT2D eigenvalue weighted by Crippen LogP contribution is 2.08. The highest BCUT2D eigenvalue weighted by molar-refractivity contribution is 5.68. The van der Waals surface area contributed by atoms with E-state index in [4.69, 9.17) is 15.0 Å². The summed E-state index contributed by atoms with van der Waals surface area (Å²) in [6, 6.07) is 0. The number of esters is 1. The second-order valence-electron chi connectivity index (χ2n) is 3.73. The van der Waals surface area contributed by atoms with Crippen molar-refractivity contribution in [2.24, 2.45) is 0 Å². The van der Waals surface area contributed by atoms with E-state index in [1.807, 2.05) is 0 Å². The third-order valence-corrected chi connectivity index (χ3v) is 2.21. The van der Waals surface area contributed by atoms with E-state index in [9.17, 15) is 4.79 Å². The molecule has 17 heavy (non-hydrogen) atoms. The van der Waals surface area contributed by atoms with Gasteiger partial charge in [-0.25, -0.2) is 4.79 Å². The fraction of sp³-hybridized carbons (Fsp3) is 0.833. The normalized spacial score (nSPS) is 9.06. The first kappa shape index (κ1) is 18.1. The Kier molecular flexibility index (Phi) is 15.7. The summed E-state index contributed by atoms with van der Waals surface area (Å²) in [5.41, 5.74) is 0. The molecule has 0 fully saturated rings. The van der Waals surface area contributed by atoms with Gasteiger partial charge >= 0.3 is 12.1 Å². The van der Waals surface area contributed by atoms with Crippen molar-refractivity contribution in [3.05, 3.63) is 0 Å². The first-order valence-corrected chi connectivity index (χ1v) is 6.03. The average molecular weight is 248 g/mol. The molecule has 0 radical (unpaired) electrons. The lowest BCUT2D eigenvalue weighted by Crippen LogP contribution is -1.99. The highest BCUT2D eigenvalue weighted by atomic mass is 16.6. The SMILES string of the molecule is CCCCCCCCCC(=O)OC.O=C(O)O. The van der Waals surface area contributed by atoms with Crippen molar-refractivity contribution in [2.45, 2.75) is 58.3 Å². The van der Waals surface area contributed by atoms with Crippen LogP contribution in [-0.4, -0.2) is 29.4 Å². The van der Waals surface area contributed by atoms with Crippen molar-refractivity contribution in [2.75, 3.05) is 7.11 Å². The quantitative estimate of drug-likeness (QED) is 0.507. The first-order valence-electron chi connectivity index (χ1n) is 6.03. The van der Waals surface area contributed by atoms with Crippen molar-refractivity contribution < 1.29 is 24.5 Å². The molecule has 0 bridgehead atoms. The Bertz CT molecular complexity index is 187. The average Bonchev–Trinajstić information content (AvgIpc) is 2.26. The molecular formula is C12H24O5. The topological polar surface area (TPSA) is 83.8 Å². The number of ether oxygens (including phenoxy) is 1. The standard InChI is InChI=1S/C11H22O2.CH2O3/c1-3-4-5-6-7-8-9-10-11(12)13-2;2-1(3)4/h3-10H2,1-2H3;(H2,2,3,4). The summed E-state index contributed by atoms with van der Waals surface area (Å²) in [6.45, 7) is 2.22. The van der Waals surface area contributed by atoms with Gasteiger partial charge in [0.1, 0.15) is 0 Å². The summed E-state index contributed by atoms with van der Waals surface area (Å²) in [4.78, 5) is 19.3. The largest absolute Gasteiger partial charge is 0.503 e. The fourth-order valence-corrected chi connectivity index (χ4v) is 1.33. The molecule has 0 saturated carbocycles. The van der Waals surface area contributed by atoms with Crippen LogP contribution in [0.15, 0.2) is 0 Å². The minimum Gasteiger partial charge on any atom is -0.469 e. The zero-order chi connectivity index (χ0) is 13.5. The zero-order valence-corrected chi connectivity index (χ0v) is 10.8. The van der Waals surface area contributed by atoms with Gasteiger partial charge in [-0.2, -0.15) is 0 Å². The van der Waals surface area contributed by atoms with Gasteiger partial charge in [-0.3, -0.25) is 4.79 Å². The van der Waals surface area contributed by atoms with E-state index >= 15 is 0 Å². The smallest absolute Gasteiger partial charge is 0.469 e. The van der Waals surface area contributed by atoms with Crippen LogP contribution in [0.5, 0.6) is 0 Å². The lowest BCUT2D eigenvalue weighted by molar-refractivity contribution is -0.140.